The van der Waals surface area contributed by atoms with Crippen molar-refractivity contribution < 1.29 is 9.53 Å². The van der Waals surface area contributed by atoms with Crippen LogP contribution in [0.1, 0.15) is 22.5 Å². The summed E-state index contributed by atoms with van der Waals surface area (Å²) in [6, 6.07) is 9.65. The zero-order valence-electron chi connectivity index (χ0n) is 15.9. The maximum atomic E-state index is 12.4. The number of anilines is 1. The number of nitrogens with zero attached hydrogens (tertiary/aromatic N) is 5. The molecule has 0 saturated carbocycles. The Kier molecular flexibility index (Phi) is 5.55. The second kappa shape index (κ2) is 8.04. The molecule has 2 heterocycles. The van der Waals surface area contributed by atoms with Crippen molar-refractivity contribution in [1.29, 1.82) is 5.26 Å². The number of nitriles is 1. The molecule has 0 atom stereocenters. The number of aryl methyl sites for hydroxylation is 3. The Morgan fingerprint density at radius 2 is 1.74 bits per heavy atom. The summed E-state index contributed by atoms with van der Waals surface area (Å²) in [5, 5.41) is 9.06. The number of rotatable bonds is 4. The van der Waals surface area contributed by atoms with E-state index in [4.69, 9.17) is 10.00 Å². The van der Waals surface area contributed by atoms with Gasteiger partial charge in [-0.1, -0.05) is 6.07 Å². The highest BCUT2D eigenvalue weighted by molar-refractivity contribution is 5.78. The quantitative estimate of drug-likeness (QED) is 0.824. The van der Waals surface area contributed by atoms with Crippen molar-refractivity contribution in [2.45, 2.75) is 20.8 Å². The van der Waals surface area contributed by atoms with E-state index >= 15 is 0 Å². The van der Waals surface area contributed by atoms with Crippen LogP contribution >= 0.6 is 0 Å². The fraction of sp³-hybridized carbons (Fsp3) is 0.400. The van der Waals surface area contributed by atoms with Gasteiger partial charge in [-0.3, -0.25) is 4.79 Å². The fourth-order valence-electron chi connectivity index (χ4n) is 3.16. The van der Waals surface area contributed by atoms with Gasteiger partial charge < -0.3 is 14.5 Å². The van der Waals surface area contributed by atoms with Crippen LogP contribution in [0.3, 0.4) is 0 Å². The summed E-state index contributed by atoms with van der Waals surface area (Å²) in [6.07, 6.45) is 0. The molecular formula is C20H23N5O2. The van der Waals surface area contributed by atoms with E-state index in [1.54, 1.807) is 11.0 Å². The van der Waals surface area contributed by atoms with Gasteiger partial charge in [-0.2, -0.15) is 5.26 Å². The molecule has 0 aliphatic carbocycles. The second-order valence-electron chi connectivity index (χ2n) is 6.79. The minimum atomic E-state index is -0.0308. The van der Waals surface area contributed by atoms with Gasteiger partial charge in [-0.15, -0.1) is 0 Å². The van der Waals surface area contributed by atoms with Crippen molar-refractivity contribution in [3.63, 3.8) is 0 Å². The predicted octanol–water partition coefficient (Wildman–Crippen LogP) is 2.00. The average molecular weight is 365 g/mol. The van der Waals surface area contributed by atoms with E-state index < -0.39 is 0 Å². The van der Waals surface area contributed by atoms with Gasteiger partial charge in [0.15, 0.2) is 6.61 Å². The summed E-state index contributed by atoms with van der Waals surface area (Å²) in [5.41, 5.74) is 3.34. The first-order valence-corrected chi connectivity index (χ1v) is 8.94. The van der Waals surface area contributed by atoms with Crippen molar-refractivity contribution in [1.82, 2.24) is 14.9 Å². The molecule has 0 N–H and O–H groups in total. The molecular weight excluding hydrogens is 342 g/mol. The number of aromatic nitrogens is 2. The van der Waals surface area contributed by atoms with E-state index in [9.17, 15) is 4.79 Å². The van der Waals surface area contributed by atoms with Gasteiger partial charge >= 0.3 is 0 Å². The van der Waals surface area contributed by atoms with Gasteiger partial charge in [0.2, 0.25) is 5.95 Å². The van der Waals surface area contributed by atoms with Crippen LogP contribution < -0.4 is 9.64 Å². The van der Waals surface area contributed by atoms with E-state index in [2.05, 4.69) is 22.1 Å². The smallest absolute Gasteiger partial charge is 0.260 e. The molecule has 1 aliphatic rings. The van der Waals surface area contributed by atoms with Gasteiger partial charge in [-0.05, 0) is 50.1 Å². The third-order valence-corrected chi connectivity index (χ3v) is 4.43. The lowest BCUT2D eigenvalue weighted by molar-refractivity contribution is -0.133. The Morgan fingerprint density at radius 1 is 1.07 bits per heavy atom. The van der Waals surface area contributed by atoms with Gasteiger partial charge in [0.1, 0.15) is 17.5 Å². The molecule has 1 saturated heterocycles. The normalized spacial score (nSPS) is 14.0. The monoisotopic (exact) mass is 365 g/mol. The van der Waals surface area contributed by atoms with E-state index in [0.29, 0.717) is 37.8 Å². The van der Waals surface area contributed by atoms with Gasteiger partial charge in [0, 0.05) is 31.9 Å². The number of hydrogen-bond acceptors (Lipinski definition) is 6. The van der Waals surface area contributed by atoms with Gasteiger partial charge in [0.25, 0.3) is 5.91 Å². The van der Waals surface area contributed by atoms with E-state index in [-0.39, 0.29) is 12.5 Å². The van der Waals surface area contributed by atoms with Crippen LogP contribution in [0.15, 0.2) is 24.3 Å². The first-order chi connectivity index (χ1) is 12.9. The van der Waals surface area contributed by atoms with Crippen molar-refractivity contribution in [2.75, 3.05) is 37.7 Å². The largest absolute Gasteiger partial charge is 0.484 e. The number of amides is 1. The van der Waals surface area contributed by atoms with Crippen LogP contribution in [-0.4, -0.2) is 53.6 Å². The van der Waals surface area contributed by atoms with Gasteiger partial charge in [-0.25, -0.2) is 9.97 Å². The zero-order chi connectivity index (χ0) is 19.4. The molecule has 1 amide bonds. The first-order valence-electron chi connectivity index (χ1n) is 8.94. The zero-order valence-corrected chi connectivity index (χ0v) is 15.9. The van der Waals surface area contributed by atoms with Crippen molar-refractivity contribution in [3.05, 3.63) is 46.8 Å². The van der Waals surface area contributed by atoms with E-state index in [0.717, 1.165) is 22.6 Å². The molecule has 2 aromatic rings. The van der Waals surface area contributed by atoms with Crippen molar-refractivity contribution in [2.24, 2.45) is 0 Å². The molecule has 1 aliphatic heterocycles. The molecule has 0 spiro atoms. The maximum Gasteiger partial charge on any atom is 0.260 e. The van der Waals surface area contributed by atoms with Crippen molar-refractivity contribution >= 4 is 11.9 Å². The summed E-state index contributed by atoms with van der Waals surface area (Å²) in [4.78, 5) is 24.9. The molecule has 140 valence electrons. The van der Waals surface area contributed by atoms with Crippen molar-refractivity contribution in [3.8, 4) is 11.8 Å². The lowest BCUT2D eigenvalue weighted by atomic mass is 10.1. The van der Waals surface area contributed by atoms with E-state index in [1.165, 1.54) is 0 Å². The predicted molar refractivity (Wildman–Crippen MR) is 102 cm³/mol. The number of hydrogen-bond donors (Lipinski definition) is 0. The summed E-state index contributed by atoms with van der Waals surface area (Å²) >= 11 is 0. The van der Waals surface area contributed by atoms with Crippen LogP contribution in [0.4, 0.5) is 5.95 Å². The number of benzene rings is 1. The second-order valence-corrected chi connectivity index (χ2v) is 6.79. The van der Waals surface area contributed by atoms with Crippen LogP contribution in [0.5, 0.6) is 5.75 Å². The Balaban J connectivity index is 1.55. The first kappa shape index (κ1) is 18.6. The third-order valence-electron chi connectivity index (χ3n) is 4.43. The minimum Gasteiger partial charge on any atom is -0.484 e. The molecule has 27 heavy (non-hydrogen) atoms. The molecule has 7 nitrogen and oxygen atoms in total. The molecule has 1 fully saturated rings. The summed E-state index contributed by atoms with van der Waals surface area (Å²) in [5.74, 6) is 1.23. The molecule has 1 aromatic carbocycles. The van der Waals surface area contributed by atoms with Crippen LogP contribution in [0.2, 0.25) is 0 Å². The number of ether oxygens (including phenoxy) is 1. The Labute approximate surface area is 159 Å². The maximum absolute atomic E-state index is 12.4. The van der Waals surface area contributed by atoms with Crippen LogP contribution in [0, 0.1) is 32.1 Å². The minimum absolute atomic E-state index is 0.0302. The van der Waals surface area contributed by atoms with Gasteiger partial charge in [0.05, 0.1) is 0 Å². The standard InChI is InChI=1S/C20H23N5O2/c1-14-8-15(2)10-18(9-14)27-13-19(26)24-4-6-25(7-5-24)20-22-16(3)11-17(12-21)23-20/h8-11H,4-7,13H2,1-3H3. The van der Waals surface area contributed by atoms with Crippen LogP contribution in [-0.2, 0) is 4.79 Å². The lowest BCUT2D eigenvalue weighted by Gasteiger charge is -2.34. The highest BCUT2D eigenvalue weighted by atomic mass is 16.5. The van der Waals surface area contributed by atoms with E-state index in [1.807, 2.05) is 37.8 Å². The third kappa shape index (κ3) is 4.73. The highest BCUT2D eigenvalue weighted by Crippen LogP contribution is 2.17. The lowest BCUT2D eigenvalue weighted by Crippen LogP contribution is -2.50. The summed E-state index contributed by atoms with van der Waals surface area (Å²) in [7, 11) is 0. The highest BCUT2D eigenvalue weighted by Gasteiger charge is 2.23. The summed E-state index contributed by atoms with van der Waals surface area (Å²) in [6.45, 7) is 8.30. The Morgan fingerprint density at radius 3 is 2.37 bits per heavy atom. The number of carbonyl (C=O) groups excluding carboxylic acids is 1. The molecule has 3 rings (SSSR count). The SMILES string of the molecule is Cc1cc(C)cc(OCC(=O)N2CCN(c3nc(C)cc(C#N)n3)CC2)c1. The Bertz CT molecular complexity index is 862. The molecule has 7 heteroatoms. The van der Waals surface area contributed by atoms with Crippen LogP contribution in [0.25, 0.3) is 0 Å². The topological polar surface area (TPSA) is 82.4 Å². The molecule has 0 bridgehead atoms. The summed E-state index contributed by atoms with van der Waals surface area (Å²) < 4.78 is 5.67. The fourth-order valence-corrected chi connectivity index (χ4v) is 3.16. The number of carbonyl (C=O) groups is 1. The molecule has 0 unspecified atom stereocenters. The average Bonchev–Trinajstić information content (AvgIpc) is 2.65. The molecule has 1 aromatic heterocycles. The number of piperazine rings is 1. The Hall–Kier alpha value is -3.14. The molecule has 0 radical (unpaired) electrons.